The first-order valence-electron chi connectivity index (χ1n) is 28.2. The van der Waals surface area contributed by atoms with Crippen molar-refractivity contribution in [3.63, 3.8) is 0 Å². The van der Waals surface area contributed by atoms with Gasteiger partial charge in [-0.25, -0.2) is 0 Å². The van der Waals surface area contributed by atoms with E-state index in [0.717, 1.165) is 45.5 Å². The Labute approximate surface area is 473 Å². The molecule has 0 N–H and O–H groups in total. The van der Waals surface area contributed by atoms with Crippen molar-refractivity contribution in [2.24, 2.45) is 0 Å². The molecule has 0 aliphatic carbocycles. The van der Waals surface area contributed by atoms with Crippen LogP contribution in [0.2, 0.25) is 0 Å². The van der Waals surface area contributed by atoms with Gasteiger partial charge in [0.05, 0.1) is 22.1 Å². The predicted molar refractivity (Wildman–Crippen MR) is 350 cm³/mol. The van der Waals surface area contributed by atoms with E-state index in [0.29, 0.717) is 0 Å². The molecule has 0 saturated carbocycles. The van der Waals surface area contributed by atoms with E-state index in [9.17, 15) is 0 Å². The van der Waals surface area contributed by atoms with Gasteiger partial charge in [-0.2, -0.15) is 0 Å². The van der Waals surface area contributed by atoms with Gasteiger partial charge in [-0.15, -0.1) is 0 Å². The van der Waals surface area contributed by atoms with Gasteiger partial charge in [-0.05, 0) is 163 Å². The van der Waals surface area contributed by atoms with Gasteiger partial charge >= 0.3 is 0 Å². The summed E-state index contributed by atoms with van der Waals surface area (Å²) in [5.41, 5.74) is 13.6. The summed E-state index contributed by atoms with van der Waals surface area (Å²) < 4.78 is 5.07. The van der Waals surface area contributed by atoms with Crippen LogP contribution in [0, 0.1) is 0 Å². The largest absolute Gasteiger partial charge is 0.310 e. The van der Waals surface area contributed by atoms with Crippen molar-refractivity contribution in [1.82, 2.24) is 9.13 Å². The fourth-order valence-electron chi connectivity index (χ4n) is 13.3. The molecule has 0 atom stereocenters. The normalized spacial score (nSPS) is 11.9. The first-order valence-corrected chi connectivity index (χ1v) is 28.2. The van der Waals surface area contributed by atoms with Gasteiger partial charge in [0.15, 0.2) is 0 Å². The van der Waals surface area contributed by atoms with Crippen LogP contribution in [-0.4, -0.2) is 9.13 Å². The minimum Gasteiger partial charge on any atom is -0.310 e. The van der Waals surface area contributed by atoms with Crippen LogP contribution in [0.4, 0.5) is 34.1 Å². The average Bonchev–Trinajstić information content (AvgIpc) is 2.39. The molecule has 382 valence electrons. The molecule has 0 unspecified atom stereocenters. The van der Waals surface area contributed by atoms with Crippen molar-refractivity contribution in [1.29, 1.82) is 0 Å². The second-order valence-electron chi connectivity index (χ2n) is 21.8. The Balaban J connectivity index is 0.918. The first kappa shape index (κ1) is 46.0. The number of anilines is 6. The van der Waals surface area contributed by atoms with Crippen LogP contribution in [-0.2, 0) is 0 Å². The maximum atomic E-state index is 2.54. The van der Waals surface area contributed by atoms with Crippen molar-refractivity contribution in [3.8, 4) is 11.4 Å². The highest BCUT2D eigenvalue weighted by Crippen LogP contribution is 2.47. The molecule has 0 aliphatic rings. The number of fused-ring (bicyclic) bond motifs is 14. The number of nitrogens with zero attached hydrogens (tertiary/aromatic N) is 4. The number of hydrogen-bond donors (Lipinski definition) is 0. The topological polar surface area (TPSA) is 16.3 Å². The zero-order chi connectivity index (χ0) is 53.8. The van der Waals surface area contributed by atoms with Crippen molar-refractivity contribution in [2.75, 3.05) is 9.80 Å². The Morgan fingerprint density at radius 2 is 0.476 bits per heavy atom. The molecule has 17 aromatic rings. The van der Waals surface area contributed by atoms with Gasteiger partial charge < -0.3 is 18.9 Å². The number of aromatic nitrogens is 2. The van der Waals surface area contributed by atoms with E-state index < -0.39 is 0 Å². The summed E-state index contributed by atoms with van der Waals surface area (Å²) in [7, 11) is 0. The zero-order valence-electron chi connectivity index (χ0n) is 44.7. The Morgan fingerprint density at radius 1 is 0.183 bits per heavy atom. The first-order chi connectivity index (χ1) is 40.6. The fraction of sp³-hybridized carbons (Fsp3) is 0. The van der Waals surface area contributed by atoms with Gasteiger partial charge in [0.25, 0.3) is 0 Å². The lowest BCUT2D eigenvalue weighted by Gasteiger charge is -2.26. The van der Waals surface area contributed by atoms with Crippen molar-refractivity contribution in [3.05, 3.63) is 303 Å². The average molecular weight is 1040 g/mol. The third kappa shape index (κ3) is 7.32. The summed E-state index contributed by atoms with van der Waals surface area (Å²) in [6.45, 7) is 0. The Bertz CT molecular complexity index is 5080. The number of para-hydroxylation sites is 2. The molecule has 4 heteroatoms. The summed E-state index contributed by atoms with van der Waals surface area (Å²) in [6, 6.07) is 112. The molecule has 0 bridgehead atoms. The summed E-state index contributed by atoms with van der Waals surface area (Å²) in [4.78, 5) is 4.76. The van der Waals surface area contributed by atoms with Crippen molar-refractivity contribution < 1.29 is 0 Å². The van der Waals surface area contributed by atoms with Crippen LogP contribution in [0.25, 0.3) is 120 Å². The number of hydrogen-bond acceptors (Lipinski definition) is 2. The van der Waals surface area contributed by atoms with Crippen LogP contribution in [0.5, 0.6) is 0 Å². The van der Waals surface area contributed by atoms with E-state index in [4.69, 9.17) is 0 Å². The minimum atomic E-state index is 1.10. The van der Waals surface area contributed by atoms with E-state index >= 15 is 0 Å². The summed E-state index contributed by atoms with van der Waals surface area (Å²) in [5.74, 6) is 0. The molecule has 0 amide bonds. The second-order valence-corrected chi connectivity index (χ2v) is 21.8. The van der Waals surface area contributed by atoms with Crippen LogP contribution in [0.1, 0.15) is 0 Å². The number of benzene rings is 15. The van der Waals surface area contributed by atoms with E-state index in [1.807, 2.05) is 0 Å². The molecule has 2 aromatic heterocycles. The molecular weight excluding hydrogens is 993 g/mol. The lowest BCUT2D eigenvalue weighted by molar-refractivity contribution is 1.19. The van der Waals surface area contributed by atoms with E-state index in [-0.39, 0.29) is 0 Å². The van der Waals surface area contributed by atoms with E-state index in [1.165, 1.54) is 108 Å². The predicted octanol–water partition coefficient (Wildman–Crippen LogP) is 21.7. The molecule has 0 spiro atoms. The van der Waals surface area contributed by atoms with Crippen molar-refractivity contribution >= 4 is 142 Å². The molecule has 0 saturated heterocycles. The minimum absolute atomic E-state index is 1.10. The smallest absolute Gasteiger partial charge is 0.0619 e. The molecule has 2 heterocycles. The third-order valence-corrected chi connectivity index (χ3v) is 17.1. The number of rotatable bonds is 8. The lowest BCUT2D eigenvalue weighted by atomic mass is 10.0. The molecule has 0 aliphatic heterocycles. The Morgan fingerprint density at radius 3 is 0.866 bits per heavy atom. The molecular formula is C78H50N4. The highest BCUT2D eigenvalue weighted by molar-refractivity contribution is 6.26. The molecule has 0 radical (unpaired) electrons. The zero-order valence-corrected chi connectivity index (χ0v) is 44.7. The Hall–Kier alpha value is -10.9. The van der Waals surface area contributed by atoms with E-state index in [2.05, 4.69) is 322 Å². The summed E-state index contributed by atoms with van der Waals surface area (Å²) in [6.07, 6.45) is 0. The van der Waals surface area contributed by atoms with Gasteiger partial charge in [-0.3, -0.25) is 0 Å². The van der Waals surface area contributed by atoms with Gasteiger partial charge in [0.1, 0.15) is 0 Å². The maximum absolute atomic E-state index is 2.54. The van der Waals surface area contributed by atoms with Crippen LogP contribution < -0.4 is 9.80 Å². The monoisotopic (exact) mass is 1040 g/mol. The van der Waals surface area contributed by atoms with Gasteiger partial charge in [0.2, 0.25) is 0 Å². The molecule has 0 fully saturated rings. The van der Waals surface area contributed by atoms with Crippen LogP contribution in [0.15, 0.2) is 303 Å². The highest BCUT2D eigenvalue weighted by Gasteiger charge is 2.24. The standard InChI is InChI=1S/C78H50N4/c1-3-23-61(24-4-1)79(63-33-27-51-15-7-11-19-55(51)43-63)65-37-41-69-59(47-65)31-39-71-73-49-76-74(50-75(73)81(77(69)71)67-35-29-53-17-9-13-21-57(53)45-67)72-40-32-60-48-66(38-42-70(60)78(72)82(76)68-36-30-54-18-10-14-22-58(54)46-68)80(62-25-5-2-6-26-62)64-34-28-52-16-8-12-20-56(52)44-64/h1-50H. The van der Waals surface area contributed by atoms with E-state index in [1.54, 1.807) is 0 Å². The highest BCUT2D eigenvalue weighted by atomic mass is 15.1. The lowest BCUT2D eigenvalue weighted by Crippen LogP contribution is -2.09. The summed E-state index contributed by atoms with van der Waals surface area (Å²) >= 11 is 0. The van der Waals surface area contributed by atoms with Gasteiger partial charge in [-0.1, -0.05) is 194 Å². The quantitative estimate of drug-likeness (QED) is 0.151. The molecule has 4 nitrogen and oxygen atoms in total. The molecule has 17 rings (SSSR count). The molecule has 82 heavy (non-hydrogen) atoms. The second kappa shape index (κ2) is 18.3. The molecule has 15 aromatic carbocycles. The maximum Gasteiger partial charge on any atom is 0.0619 e. The fourth-order valence-corrected chi connectivity index (χ4v) is 13.3. The SMILES string of the molecule is c1ccc(N(c2ccc3ccccc3c2)c2ccc3c(ccc4c5cc6c(cc5n(-c5ccc7ccccc7c5)c34)c3ccc4cc(N(c5ccccc5)c5ccc7ccccc7c5)ccc4c3n6-c3ccc4ccccc4c3)c2)cc1. The van der Waals surface area contributed by atoms with Gasteiger partial charge in [0, 0.05) is 77.8 Å². The Kier molecular flexibility index (Phi) is 10.3. The van der Waals surface area contributed by atoms with Crippen LogP contribution in [0.3, 0.4) is 0 Å². The third-order valence-electron chi connectivity index (χ3n) is 17.1. The van der Waals surface area contributed by atoms with Crippen LogP contribution >= 0.6 is 0 Å². The summed E-state index contributed by atoms with van der Waals surface area (Å²) in [5, 5.41) is 19.3. The van der Waals surface area contributed by atoms with Crippen molar-refractivity contribution in [2.45, 2.75) is 0 Å².